The van der Waals surface area contributed by atoms with Gasteiger partial charge in [-0.3, -0.25) is 0 Å². The molecule has 7 heteroatoms. The summed E-state index contributed by atoms with van der Waals surface area (Å²) in [6.07, 6.45) is 0. The van der Waals surface area contributed by atoms with Crippen LogP contribution in [-0.2, 0) is 0 Å². The molecule has 0 aliphatic rings. The Bertz CT molecular complexity index is 585. The lowest BCUT2D eigenvalue weighted by Crippen LogP contribution is -2.18. The molecular formula is C14H20ClN5S. The fourth-order valence-corrected chi connectivity index (χ4v) is 2.79. The van der Waals surface area contributed by atoms with Gasteiger partial charge in [-0.25, -0.2) is 0 Å². The summed E-state index contributed by atoms with van der Waals surface area (Å²) in [6, 6.07) is 4.01. The van der Waals surface area contributed by atoms with E-state index in [1.807, 2.05) is 31.1 Å². The summed E-state index contributed by atoms with van der Waals surface area (Å²) in [5, 5.41) is 3.32. The Morgan fingerprint density at radius 3 is 2.38 bits per heavy atom. The molecule has 5 nitrogen and oxygen atoms in total. The highest BCUT2D eigenvalue weighted by molar-refractivity contribution is 7.16. The summed E-state index contributed by atoms with van der Waals surface area (Å²) >= 11 is 7.54. The van der Waals surface area contributed by atoms with Gasteiger partial charge in [0.1, 0.15) is 5.82 Å². The first-order valence-electron chi connectivity index (χ1n) is 6.82. The van der Waals surface area contributed by atoms with E-state index < -0.39 is 0 Å². The van der Waals surface area contributed by atoms with Crippen LogP contribution in [0.25, 0.3) is 0 Å². The maximum absolute atomic E-state index is 5.98. The van der Waals surface area contributed by atoms with E-state index in [9.17, 15) is 0 Å². The molecule has 1 atom stereocenters. The Hall–Kier alpha value is -1.40. The molecule has 0 bridgehead atoms. The lowest BCUT2D eigenvalue weighted by molar-refractivity contribution is 0.747. The monoisotopic (exact) mass is 325 g/mol. The highest BCUT2D eigenvalue weighted by atomic mass is 35.5. The van der Waals surface area contributed by atoms with E-state index >= 15 is 0 Å². The van der Waals surface area contributed by atoms with Crippen molar-refractivity contribution in [1.82, 2.24) is 15.0 Å². The normalized spacial score (nSPS) is 12.5. The molecule has 2 rings (SSSR count). The minimum absolute atomic E-state index is 0.0972. The van der Waals surface area contributed by atoms with Crippen molar-refractivity contribution in [3.05, 3.63) is 27.2 Å². The molecule has 0 radical (unpaired) electrons. The third-order valence-electron chi connectivity index (χ3n) is 2.92. The van der Waals surface area contributed by atoms with E-state index in [1.54, 1.807) is 11.3 Å². The van der Waals surface area contributed by atoms with Gasteiger partial charge in [-0.15, -0.1) is 11.3 Å². The average Bonchev–Trinajstić information content (AvgIpc) is 2.85. The number of nitrogens with zero attached hydrogens (tertiary/aromatic N) is 4. The first-order valence-corrected chi connectivity index (χ1v) is 8.01. The van der Waals surface area contributed by atoms with Crippen molar-refractivity contribution < 1.29 is 0 Å². The zero-order chi connectivity index (χ0) is 15.6. The molecule has 0 aliphatic carbocycles. The summed E-state index contributed by atoms with van der Waals surface area (Å²) in [6.45, 7) is 6.21. The van der Waals surface area contributed by atoms with Crippen LogP contribution in [-0.4, -0.2) is 29.0 Å². The molecule has 114 valence electrons. The molecule has 1 unspecified atom stereocenters. The van der Waals surface area contributed by atoms with Crippen molar-refractivity contribution >= 4 is 34.8 Å². The van der Waals surface area contributed by atoms with Gasteiger partial charge in [-0.1, -0.05) is 25.4 Å². The average molecular weight is 326 g/mol. The van der Waals surface area contributed by atoms with Gasteiger partial charge in [0.05, 0.1) is 10.4 Å². The van der Waals surface area contributed by atoms with Gasteiger partial charge in [-0.2, -0.15) is 15.0 Å². The Labute approximate surface area is 134 Å². The fourth-order valence-electron chi connectivity index (χ4n) is 1.73. The quantitative estimate of drug-likeness (QED) is 0.902. The largest absolute Gasteiger partial charge is 0.347 e. The van der Waals surface area contributed by atoms with Gasteiger partial charge in [-0.05, 0) is 19.1 Å². The molecule has 2 heterocycles. The van der Waals surface area contributed by atoms with Crippen LogP contribution in [0, 0.1) is 0 Å². The Kier molecular flexibility index (Phi) is 5.00. The molecule has 0 saturated heterocycles. The fraction of sp³-hybridized carbons (Fsp3) is 0.500. The SMILES string of the molecule is CC(C)c1nc(NC(C)c2ccc(Cl)s2)nc(N(C)C)n1. The van der Waals surface area contributed by atoms with E-state index in [2.05, 4.69) is 41.0 Å². The van der Waals surface area contributed by atoms with Crippen LogP contribution in [0.3, 0.4) is 0 Å². The number of anilines is 2. The molecule has 2 aromatic heterocycles. The van der Waals surface area contributed by atoms with Crippen LogP contribution in [0.4, 0.5) is 11.9 Å². The number of hydrogen-bond acceptors (Lipinski definition) is 6. The van der Waals surface area contributed by atoms with Gasteiger partial charge >= 0.3 is 0 Å². The minimum Gasteiger partial charge on any atom is -0.347 e. The highest BCUT2D eigenvalue weighted by Gasteiger charge is 2.14. The van der Waals surface area contributed by atoms with Crippen LogP contribution in [0.15, 0.2) is 12.1 Å². The number of aromatic nitrogens is 3. The zero-order valence-corrected chi connectivity index (χ0v) is 14.5. The molecule has 0 fully saturated rings. The standard InChI is InChI=1S/C14H20ClN5S/c1-8(2)12-17-13(19-14(18-12)20(4)5)16-9(3)10-6-7-11(15)21-10/h6-9H,1-5H3,(H,16,17,18,19). The van der Waals surface area contributed by atoms with E-state index in [0.29, 0.717) is 11.9 Å². The topological polar surface area (TPSA) is 53.9 Å². The van der Waals surface area contributed by atoms with Crippen LogP contribution in [0.5, 0.6) is 0 Å². The van der Waals surface area contributed by atoms with Crippen molar-refractivity contribution in [2.75, 3.05) is 24.3 Å². The van der Waals surface area contributed by atoms with Gasteiger partial charge < -0.3 is 10.2 Å². The second-order valence-corrected chi connectivity index (χ2v) is 7.12. The van der Waals surface area contributed by atoms with Crippen molar-refractivity contribution in [2.45, 2.75) is 32.7 Å². The molecule has 0 aliphatic heterocycles. The second-order valence-electron chi connectivity index (χ2n) is 5.37. The Morgan fingerprint density at radius 2 is 1.86 bits per heavy atom. The summed E-state index contributed by atoms with van der Waals surface area (Å²) in [4.78, 5) is 16.4. The molecule has 21 heavy (non-hydrogen) atoms. The third-order valence-corrected chi connectivity index (χ3v) is 4.34. The van der Waals surface area contributed by atoms with Crippen LogP contribution < -0.4 is 10.2 Å². The molecule has 1 N–H and O–H groups in total. The van der Waals surface area contributed by atoms with E-state index in [-0.39, 0.29) is 12.0 Å². The van der Waals surface area contributed by atoms with Crippen molar-refractivity contribution in [2.24, 2.45) is 0 Å². The van der Waals surface area contributed by atoms with E-state index in [4.69, 9.17) is 11.6 Å². The number of rotatable bonds is 5. The lowest BCUT2D eigenvalue weighted by Gasteiger charge is -2.17. The number of thiophene rings is 1. The van der Waals surface area contributed by atoms with Crippen LogP contribution >= 0.6 is 22.9 Å². The first-order chi connectivity index (χ1) is 9.86. The molecule has 2 aromatic rings. The van der Waals surface area contributed by atoms with Crippen molar-refractivity contribution in [1.29, 1.82) is 0 Å². The van der Waals surface area contributed by atoms with Crippen LogP contribution in [0.1, 0.15) is 43.4 Å². The van der Waals surface area contributed by atoms with E-state index in [1.165, 1.54) is 0 Å². The highest BCUT2D eigenvalue weighted by Crippen LogP contribution is 2.28. The zero-order valence-electron chi connectivity index (χ0n) is 12.9. The summed E-state index contributed by atoms with van der Waals surface area (Å²) in [5.74, 6) is 2.29. The minimum atomic E-state index is 0.0972. The van der Waals surface area contributed by atoms with Crippen molar-refractivity contribution in [3.63, 3.8) is 0 Å². The van der Waals surface area contributed by atoms with Gasteiger partial charge in [0.25, 0.3) is 0 Å². The lowest BCUT2D eigenvalue weighted by atomic mass is 10.2. The molecular weight excluding hydrogens is 306 g/mol. The predicted molar refractivity (Wildman–Crippen MR) is 89.6 cm³/mol. The molecule has 0 aromatic carbocycles. The maximum Gasteiger partial charge on any atom is 0.229 e. The molecule has 0 amide bonds. The van der Waals surface area contributed by atoms with Gasteiger partial charge in [0.2, 0.25) is 11.9 Å². The van der Waals surface area contributed by atoms with Gasteiger partial charge in [0.15, 0.2) is 0 Å². The Morgan fingerprint density at radius 1 is 1.14 bits per heavy atom. The van der Waals surface area contributed by atoms with E-state index in [0.717, 1.165) is 15.0 Å². The molecule has 0 saturated carbocycles. The first kappa shape index (κ1) is 16.0. The van der Waals surface area contributed by atoms with Crippen LogP contribution in [0.2, 0.25) is 4.34 Å². The third kappa shape index (κ3) is 4.04. The Balaban J connectivity index is 2.26. The van der Waals surface area contributed by atoms with Crippen molar-refractivity contribution in [3.8, 4) is 0 Å². The number of nitrogens with one attached hydrogen (secondary N) is 1. The number of hydrogen-bond donors (Lipinski definition) is 1. The number of halogens is 1. The maximum atomic E-state index is 5.98. The summed E-state index contributed by atoms with van der Waals surface area (Å²) in [7, 11) is 3.84. The predicted octanol–water partition coefficient (Wildman–Crippen LogP) is 3.95. The molecule has 0 spiro atoms. The summed E-state index contributed by atoms with van der Waals surface area (Å²) < 4.78 is 0.783. The van der Waals surface area contributed by atoms with Gasteiger partial charge in [0, 0.05) is 24.9 Å². The summed E-state index contributed by atoms with van der Waals surface area (Å²) in [5.41, 5.74) is 0. The second kappa shape index (κ2) is 6.58. The smallest absolute Gasteiger partial charge is 0.229 e.